The molecule has 0 bridgehead atoms. The molecule has 156 valence electrons. The maximum atomic E-state index is 8.49. The van der Waals surface area contributed by atoms with E-state index in [1.165, 1.54) is 0 Å². The minimum absolute atomic E-state index is 0. The van der Waals surface area contributed by atoms with Gasteiger partial charge in [-0.05, 0) is 88.8 Å². The van der Waals surface area contributed by atoms with Crippen molar-refractivity contribution in [2.75, 3.05) is 6.61 Å². The largest absolute Gasteiger partial charge is 2.00 e. The fourth-order valence-electron chi connectivity index (χ4n) is 1.24. The van der Waals surface area contributed by atoms with Gasteiger partial charge in [-0.15, -0.1) is 10.2 Å². The van der Waals surface area contributed by atoms with Crippen molar-refractivity contribution in [2.24, 2.45) is 0 Å². The molecule has 8 heteroatoms. The van der Waals surface area contributed by atoms with Crippen LogP contribution in [-0.2, 0) is 30.6 Å². The summed E-state index contributed by atoms with van der Waals surface area (Å²) in [4.78, 5) is 0. The van der Waals surface area contributed by atoms with Crippen molar-refractivity contribution < 1.29 is 59.5 Å². The Balaban J connectivity index is -0.000000324. The molecule has 2 rings (SSSR count). The van der Waals surface area contributed by atoms with E-state index in [4.69, 9.17) is 29.6 Å². The minimum atomic E-state index is -4.94. The molecule has 0 spiro atoms. The van der Waals surface area contributed by atoms with E-state index < -0.39 is 18.6 Å². The average molecular weight is 506 g/mol. The van der Waals surface area contributed by atoms with Crippen molar-refractivity contribution in [3.05, 3.63) is 76.9 Å². The first-order valence-corrected chi connectivity index (χ1v) is 12.6. The Kier molecular flexibility index (Phi) is 22.4. The Morgan fingerprint density at radius 2 is 1.07 bits per heavy atom. The Hall–Kier alpha value is 0.930. The molecule has 10 radical (unpaired) electrons. The monoisotopic (exact) mass is 504 g/mol. The summed E-state index contributed by atoms with van der Waals surface area (Å²) >= 11 is 0. The SMILES string of the molecule is [CH-]=CCCO[Si](C)(C)C(C)(C)C.[CH]1[CH][CH][CH][CH]1.[CH]1[CH][CH][CH][CH]1.[O-][Cl+3]([O-])([O-])[O-].[Zr+2]. The van der Waals surface area contributed by atoms with E-state index in [9.17, 15) is 0 Å². The Labute approximate surface area is 195 Å². The van der Waals surface area contributed by atoms with Crippen molar-refractivity contribution in [2.45, 2.75) is 45.3 Å². The summed E-state index contributed by atoms with van der Waals surface area (Å²) in [6, 6.07) is 0. The molecule has 0 amide bonds. The first-order chi connectivity index (χ1) is 12.3. The molecule has 0 saturated heterocycles. The van der Waals surface area contributed by atoms with Crippen molar-refractivity contribution in [1.29, 1.82) is 0 Å². The van der Waals surface area contributed by atoms with Crippen LogP contribution < -0.4 is 18.6 Å². The molecule has 5 nitrogen and oxygen atoms in total. The maximum Gasteiger partial charge on any atom is 2.00 e. The topological polar surface area (TPSA) is 101 Å². The molecule has 0 aliphatic heterocycles. The van der Waals surface area contributed by atoms with Gasteiger partial charge in [-0.3, -0.25) is 6.08 Å². The number of hydrogen-bond donors (Lipinski definition) is 0. The third-order valence-electron chi connectivity index (χ3n) is 3.66. The van der Waals surface area contributed by atoms with Crippen molar-refractivity contribution in [1.82, 2.24) is 0 Å². The summed E-state index contributed by atoms with van der Waals surface area (Å²) in [5, 5.41) is 0.307. The van der Waals surface area contributed by atoms with Gasteiger partial charge in [0.15, 0.2) is 8.32 Å². The molecule has 0 aromatic rings. The molecule has 0 atom stereocenters. The molecule has 0 aromatic heterocycles. The van der Waals surface area contributed by atoms with Gasteiger partial charge in [0.1, 0.15) is 0 Å². The number of halogens is 1. The summed E-state index contributed by atoms with van der Waals surface area (Å²) < 4.78 is 39.8. The van der Waals surface area contributed by atoms with E-state index in [-0.39, 0.29) is 26.2 Å². The van der Waals surface area contributed by atoms with Gasteiger partial charge in [0.05, 0.1) is 0 Å². The first-order valence-electron chi connectivity index (χ1n) is 8.43. The zero-order valence-corrected chi connectivity index (χ0v) is 21.5. The first kappa shape index (κ1) is 33.6. The summed E-state index contributed by atoms with van der Waals surface area (Å²) in [6.45, 7) is 17.3. The van der Waals surface area contributed by atoms with Gasteiger partial charge < -0.3 is 11.0 Å². The van der Waals surface area contributed by atoms with Gasteiger partial charge in [-0.2, -0.15) is 0 Å². The van der Waals surface area contributed by atoms with Crippen molar-refractivity contribution in [3.8, 4) is 0 Å². The van der Waals surface area contributed by atoms with Crippen LogP contribution in [-0.4, -0.2) is 14.9 Å². The van der Waals surface area contributed by atoms with Crippen LogP contribution in [0.4, 0.5) is 0 Å². The van der Waals surface area contributed by atoms with Crippen LogP contribution in [0.15, 0.2) is 6.08 Å². The predicted octanol–water partition coefficient (Wildman–Crippen LogP) is 0.672. The molecule has 28 heavy (non-hydrogen) atoms. The summed E-state index contributed by atoms with van der Waals surface area (Å²) in [6.07, 6.45) is 22.5. The molecule has 0 N–H and O–H groups in total. The van der Waals surface area contributed by atoms with E-state index >= 15 is 0 Å². The third-order valence-corrected chi connectivity index (χ3v) is 8.20. The van der Waals surface area contributed by atoms with Crippen LogP contribution in [0.2, 0.25) is 18.1 Å². The second kappa shape index (κ2) is 18.7. The Morgan fingerprint density at radius 3 is 1.25 bits per heavy atom. The van der Waals surface area contributed by atoms with E-state index in [2.05, 4.69) is 33.9 Å². The van der Waals surface area contributed by atoms with Crippen LogP contribution in [0.5, 0.6) is 0 Å². The second-order valence-corrected chi connectivity index (χ2v) is 12.5. The van der Waals surface area contributed by atoms with Gasteiger partial charge in [0, 0.05) is 6.61 Å². The average Bonchev–Trinajstić information content (AvgIpc) is 3.23. The minimum Gasteiger partial charge on any atom is -0.518 e. The normalized spacial score (nSPS) is 16.3. The molecule has 0 aromatic carbocycles. The van der Waals surface area contributed by atoms with E-state index in [0.717, 1.165) is 13.0 Å². The third kappa shape index (κ3) is 26.9. The quantitative estimate of drug-likeness (QED) is 0.317. The second-order valence-electron chi connectivity index (χ2n) is 6.94. The molecular weight excluding hydrogens is 475 g/mol. The standard InChI is InChI=1S/C10H21OSi.2C5H5.ClHO4.Zr/c1-7-8-9-11-12(5,6)10(2,3)4;2*1-2-4-5-3-1;2-1(3,4)5;/h1,7H,8-9H2,2-6H3;2*1-5H;(H,2,3,4,5);/q-1;;;;+2/p-1. The number of rotatable bonds is 4. The zero-order chi connectivity index (χ0) is 21.4. The van der Waals surface area contributed by atoms with Gasteiger partial charge in [0.25, 0.3) is 0 Å². The Morgan fingerprint density at radius 1 is 0.821 bits per heavy atom. The zero-order valence-electron chi connectivity index (χ0n) is 17.3. The molecule has 0 heterocycles. The van der Waals surface area contributed by atoms with Gasteiger partial charge in [0.2, 0.25) is 0 Å². The van der Waals surface area contributed by atoms with Crippen LogP contribution in [0.25, 0.3) is 0 Å². The maximum absolute atomic E-state index is 8.49. The van der Waals surface area contributed by atoms with Crippen molar-refractivity contribution >= 4 is 8.32 Å². The van der Waals surface area contributed by atoms with Crippen LogP contribution in [0.1, 0.15) is 27.2 Å². The molecule has 2 aliphatic carbocycles. The van der Waals surface area contributed by atoms with E-state index in [1.54, 1.807) is 6.08 Å². The molecule has 2 aliphatic rings. The van der Waals surface area contributed by atoms with Gasteiger partial charge in [-0.25, -0.2) is 18.6 Å². The molecule has 2 fully saturated rings. The van der Waals surface area contributed by atoms with Crippen LogP contribution in [0.3, 0.4) is 0 Å². The molecular formula is C20H31ClO5SiZr. The van der Waals surface area contributed by atoms with Gasteiger partial charge in [-0.1, -0.05) is 20.8 Å². The van der Waals surface area contributed by atoms with Gasteiger partial charge >= 0.3 is 26.2 Å². The van der Waals surface area contributed by atoms with Crippen LogP contribution >= 0.6 is 0 Å². The van der Waals surface area contributed by atoms with Crippen molar-refractivity contribution in [3.63, 3.8) is 0 Å². The summed E-state index contributed by atoms with van der Waals surface area (Å²) in [7, 11) is -6.46. The predicted molar refractivity (Wildman–Crippen MR) is 99.6 cm³/mol. The fourth-order valence-corrected chi connectivity index (χ4v) is 2.30. The molecule has 0 unspecified atom stereocenters. The van der Waals surface area contributed by atoms with Crippen LogP contribution in [0, 0.1) is 81.0 Å². The smallest absolute Gasteiger partial charge is 0.518 e. The summed E-state index contributed by atoms with van der Waals surface area (Å²) in [5.41, 5.74) is 0. The Bertz CT molecular complexity index is 318. The number of hydrogen-bond acceptors (Lipinski definition) is 5. The molecule has 2 saturated carbocycles. The fraction of sp³-hybridized carbons (Fsp3) is 0.400. The summed E-state index contributed by atoms with van der Waals surface area (Å²) in [5.74, 6) is 0. The van der Waals surface area contributed by atoms with E-state index in [0.29, 0.717) is 5.04 Å². The van der Waals surface area contributed by atoms with E-state index in [1.807, 2.05) is 64.2 Å².